The standard InChI is InChI=1S/C12H13NO3/c1-3-16-12(15)11-9(6-13)4-8(2)5-10(11)7-14/h4-5,14H,3,7H2,1-2H3. The molecule has 1 N–H and O–H groups in total. The maximum Gasteiger partial charge on any atom is 0.339 e. The number of benzene rings is 1. The largest absolute Gasteiger partial charge is 0.462 e. The number of aliphatic hydroxyl groups is 1. The molecule has 0 bridgehead atoms. The third-order valence-electron chi connectivity index (χ3n) is 2.13. The molecule has 1 aromatic carbocycles. The van der Waals surface area contributed by atoms with E-state index in [1.54, 1.807) is 26.0 Å². The summed E-state index contributed by atoms with van der Waals surface area (Å²) in [5.41, 5.74) is 1.66. The molecule has 0 radical (unpaired) electrons. The first-order valence-electron chi connectivity index (χ1n) is 4.95. The Balaban J connectivity index is 3.34. The summed E-state index contributed by atoms with van der Waals surface area (Å²) in [5.74, 6) is -0.567. The van der Waals surface area contributed by atoms with Crippen LogP contribution < -0.4 is 0 Å². The predicted octanol–water partition coefficient (Wildman–Crippen LogP) is 1.54. The van der Waals surface area contributed by atoms with Gasteiger partial charge in [0.15, 0.2) is 0 Å². The number of carbonyl (C=O) groups excluding carboxylic acids is 1. The van der Waals surface area contributed by atoms with Crippen LogP contribution >= 0.6 is 0 Å². The number of aliphatic hydroxyl groups excluding tert-OH is 1. The molecular formula is C12H13NO3. The summed E-state index contributed by atoms with van der Waals surface area (Å²) in [6.07, 6.45) is 0. The zero-order valence-corrected chi connectivity index (χ0v) is 9.28. The third kappa shape index (κ3) is 2.38. The average Bonchev–Trinajstić information content (AvgIpc) is 2.27. The van der Waals surface area contributed by atoms with Crippen LogP contribution in [0.1, 0.15) is 34.0 Å². The van der Waals surface area contributed by atoms with Crippen molar-refractivity contribution >= 4 is 5.97 Å². The molecule has 0 aromatic heterocycles. The van der Waals surface area contributed by atoms with E-state index in [-0.39, 0.29) is 24.3 Å². The molecule has 0 saturated carbocycles. The average molecular weight is 219 g/mol. The van der Waals surface area contributed by atoms with Crippen molar-refractivity contribution in [3.63, 3.8) is 0 Å². The number of hydrogen-bond acceptors (Lipinski definition) is 4. The number of nitriles is 1. The lowest BCUT2D eigenvalue weighted by molar-refractivity contribution is 0.0522. The molecule has 0 aliphatic carbocycles. The lowest BCUT2D eigenvalue weighted by Crippen LogP contribution is -2.11. The Morgan fingerprint density at radius 3 is 2.75 bits per heavy atom. The molecule has 0 saturated heterocycles. The highest BCUT2D eigenvalue weighted by molar-refractivity contribution is 5.94. The van der Waals surface area contributed by atoms with Crippen molar-refractivity contribution in [3.8, 4) is 6.07 Å². The number of esters is 1. The fourth-order valence-electron chi connectivity index (χ4n) is 1.52. The van der Waals surface area contributed by atoms with E-state index in [2.05, 4.69) is 0 Å². The SMILES string of the molecule is CCOC(=O)c1c(C#N)cc(C)cc1CO. The Labute approximate surface area is 94.1 Å². The van der Waals surface area contributed by atoms with Crippen LogP contribution in [0.4, 0.5) is 0 Å². The van der Waals surface area contributed by atoms with Crippen LogP contribution in [0.25, 0.3) is 0 Å². The van der Waals surface area contributed by atoms with E-state index in [1.165, 1.54) is 0 Å². The number of carbonyl (C=O) groups is 1. The molecule has 0 fully saturated rings. The lowest BCUT2D eigenvalue weighted by atomic mass is 9.99. The normalized spacial score (nSPS) is 9.62. The van der Waals surface area contributed by atoms with Crippen LogP contribution in [-0.4, -0.2) is 17.7 Å². The molecule has 84 valence electrons. The van der Waals surface area contributed by atoms with Gasteiger partial charge in [-0.3, -0.25) is 0 Å². The fraction of sp³-hybridized carbons (Fsp3) is 0.333. The Kier molecular flexibility index (Phi) is 4.03. The summed E-state index contributed by atoms with van der Waals surface area (Å²) in [4.78, 5) is 11.6. The molecule has 0 spiro atoms. The highest BCUT2D eigenvalue weighted by Crippen LogP contribution is 2.18. The number of rotatable bonds is 3. The summed E-state index contributed by atoms with van der Waals surface area (Å²) in [7, 11) is 0. The van der Waals surface area contributed by atoms with Crippen molar-refractivity contribution in [3.05, 3.63) is 34.4 Å². The van der Waals surface area contributed by atoms with Gasteiger partial charge in [0.2, 0.25) is 0 Å². The number of ether oxygens (including phenoxy) is 1. The van der Waals surface area contributed by atoms with Crippen molar-refractivity contribution in [2.45, 2.75) is 20.5 Å². The molecule has 0 unspecified atom stereocenters. The van der Waals surface area contributed by atoms with Crippen molar-refractivity contribution in [2.75, 3.05) is 6.61 Å². The monoisotopic (exact) mass is 219 g/mol. The first kappa shape index (κ1) is 12.2. The van der Waals surface area contributed by atoms with Gasteiger partial charge in [-0.25, -0.2) is 4.79 Å². The minimum absolute atomic E-state index is 0.164. The van der Waals surface area contributed by atoms with Gasteiger partial charge in [0.25, 0.3) is 0 Å². The second kappa shape index (κ2) is 5.29. The second-order valence-electron chi connectivity index (χ2n) is 3.34. The van der Waals surface area contributed by atoms with Crippen LogP contribution in [0.15, 0.2) is 12.1 Å². The molecule has 0 heterocycles. The summed E-state index contributed by atoms with van der Waals surface area (Å²) < 4.78 is 4.85. The van der Waals surface area contributed by atoms with Gasteiger partial charge in [0.1, 0.15) is 6.07 Å². The van der Waals surface area contributed by atoms with E-state index in [9.17, 15) is 4.79 Å². The molecule has 0 atom stereocenters. The maximum absolute atomic E-state index is 11.6. The fourth-order valence-corrected chi connectivity index (χ4v) is 1.52. The first-order chi connectivity index (χ1) is 7.63. The smallest absolute Gasteiger partial charge is 0.339 e. The Hall–Kier alpha value is -1.86. The van der Waals surface area contributed by atoms with Crippen LogP contribution in [-0.2, 0) is 11.3 Å². The summed E-state index contributed by atoms with van der Waals surface area (Å²) in [5, 5.41) is 18.1. The second-order valence-corrected chi connectivity index (χ2v) is 3.34. The number of hydrogen-bond donors (Lipinski definition) is 1. The molecule has 4 nitrogen and oxygen atoms in total. The zero-order chi connectivity index (χ0) is 12.1. The van der Waals surface area contributed by atoms with E-state index in [4.69, 9.17) is 15.1 Å². The van der Waals surface area contributed by atoms with E-state index < -0.39 is 5.97 Å². The zero-order valence-electron chi connectivity index (χ0n) is 9.28. The van der Waals surface area contributed by atoms with E-state index >= 15 is 0 Å². The topological polar surface area (TPSA) is 70.3 Å². The maximum atomic E-state index is 11.6. The first-order valence-corrected chi connectivity index (χ1v) is 4.95. The molecule has 1 rings (SSSR count). The molecule has 1 aromatic rings. The Morgan fingerprint density at radius 1 is 1.56 bits per heavy atom. The van der Waals surface area contributed by atoms with Gasteiger partial charge in [0.05, 0.1) is 24.3 Å². The summed E-state index contributed by atoms with van der Waals surface area (Å²) >= 11 is 0. The highest BCUT2D eigenvalue weighted by Gasteiger charge is 2.17. The van der Waals surface area contributed by atoms with Crippen molar-refractivity contribution < 1.29 is 14.6 Å². The van der Waals surface area contributed by atoms with Gasteiger partial charge in [-0.05, 0) is 31.0 Å². The summed E-state index contributed by atoms with van der Waals surface area (Å²) in [6, 6.07) is 5.21. The molecule has 16 heavy (non-hydrogen) atoms. The third-order valence-corrected chi connectivity index (χ3v) is 2.13. The van der Waals surface area contributed by atoms with E-state index in [1.807, 2.05) is 6.07 Å². The van der Waals surface area contributed by atoms with Gasteiger partial charge >= 0.3 is 5.97 Å². The lowest BCUT2D eigenvalue weighted by Gasteiger charge is -2.09. The molecule has 0 amide bonds. The molecule has 0 aliphatic heterocycles. The minimum Gasteiger partial charge on any atom is -0.462 e. The minimum atomic E-state index is -0.567. The van der Waals surface area contributed by atoms with Crippen LogP contribution in [0.2, 0.25) is 0 Å². The van der Waals surface area contributed by atoms with Crippen LogP contribution in [0, 0.1) is 18.3 Å². The molecular weight excluding hydrogens is 206 g/mol. The summed E-state index contributed by atoms with van der Waals surface area (Å²) in [6.45, 7) is 3.44. The Bertz CT molecular complexity index is 446. The van der Waals surface area contributed by atoms with Crippen molar-refractivity contribution in [2.24, 2.45) is 0 Å². The predicted molar refractivity (Wildman–Crippen MR) is 57.8 cm³/mol. The molecule has 0 aliphatic rings. The number of aryl methyl sites for hydroxylation is 1. The molecule has 4 heteroatoms. The highest BCUT2D eigenvalue weighted by atomic mass is 16.5. The van der Waals surface area contributed by atoms with Gasteiger partial charge < -0.3 is 9.84 Å². The van der Waals surface area contributed by atoms with Gasteiger partial charge in [0, 0.05) is 0 Å². The quantitative estimate of drug-likeness (QED) is 0.783. The number of nitrogens with zero attached hydrogens (tertiary/aromatic N) is 1. The van der Waals surface area contributed by atoms with E-state index in [0.717, 1.165) is 5.56 Å². The van der Waals surface area contributed by atoms with Crippen molar-refractivity contribution in [1.29, 1.82) is 5.26 Å². The Morgan fingerprint density at radius 2 is 2.25 bits per heavy atom. The van der Waals surface area contributed by atoms with Crippen LogP contribution in [0.3, 0.4) is 0 Å². The van der Waals surface area contributed by atoms with Gasteiger partial charge in [-0.2, -0.15) is 5.26 Å². The van der Waals surface area contributed by atoms with Crippen molar-refractivity contribution in [1.82, 2.24) is 0 Å². The van der Waals surface area contributed by atoms with E-state index in [0.29, 0.717) is 5.56 Å². The van der Waals surface area contributed by atoms with Gasteiger partial charge in [-0.1, -0.05) is 6.07 Å². The van der Waals surface area contributed by atoms with Gasteiger partial charge in [-0.15, -0.1) is 0 Å². The van der Waals surface area contributed by atoms with Crippen LogP contribution in [0.5, 0.6) is 0 Å².